The lowest BCUT2D eigenvalue weighted by atomic mass is 9.90. The third kappa shape index (κ3) is 2.85. The first-order valence-electron chi connectivity index (χ1n) is 6.81. The third-order valence-corrected chi connectivity index (χ3v) is 3.62. The molecule has 2 heterocycles. The van der Waals surface area contributed by atoms with Crippen molar-refractivity contribution < 1.29 is 13.2 Å². The standard InChI is InChI=1S/C15H14F3N5/c16-15(17,18)10-5-2-1-4-9(10)8-14(20)11-6-3-7-21-12(11)22-13(19)23-14/h1-7H,8,20H2,(H3,19,21,22,23). The highest BCUT2D eigenvalue weighted by Crippen LogP contribution is 2.37. The molecule has 1 unspecified atom stereocenters. The summed E-state index contributed by atoms with van der Waals surface area (Å²) in [5.74, 6) is 0.412. The predicted octanol–water partition coefficient (Wildman–Crippen LogP) is 2.19. The fraction of sp³-hybridized carbons (Fsp3) is 0.200. The maximum atomic E-state index is 13.2. The average molecular weight is 321 g/mol. The molecule has 120 valence electrons. The van der Waals surface area contributed by atoms with E-state index in [1.54, 1.807) is 12.1 Å². The van der Waals surface area contributed by atoms with E-state index in [0.29, 0.717) is 11.4 Å². The van der Waals surface area contributed by atoms with Gasteiger partial charge in [0.05, 0.1) is 5.56 Å². The van der Waals surface area contributed by atoms with Gasteiger partial charge in [0.25, 0.3) is 0 Å². The van der Waals surface area contributed by atoms with Crippen LogP contribution in [0, 0.1) is 0 Å². The van der Waals surface area contributed by atoms with E-state index in [0.717, 1.165) is 6.07 Å². The first-order chi connectivity index (χ1) is 10.8. The predicted molar refractivity (Wildman–Crippen MR) is 80.5 cm³/mol. The number of hydrogen-bond donors (Lipinski definition) is 3. The lowest BCUT2D eigenvalue weighted by Gasteiger charge is -2.32. The maximum Gasteiger partial charge on any atom is 0.416 e. The maximum absolute atomic E-state index is 13.2. The molecular formula is C15H14F3N5. The van der Waals surface area contributed by atoms with Crippen LogP contribution < -0.4 is 16.8 Å². The number of alkyl halides is 3. The van der Waals surface area contributed by atoms with Gasteiger partial charge in [-0.3, -0.25) is 0 Å². The Morgan fingerprint density at radius 3 is 2.61 bits per heavy atom. The number of benzene rings is 1. The molecular weight excluding hydrogens is 307 g/mol. The molecule has 0 bridgehead atoms. The Morgan fingerprint density at radius 1 is 1.13 bits per heavy atom. The van der Waals surface area contributed by atoms with Crippen LogP contribution >= 0.6 is 0 Å². The van der Waals surface area contributed by atoms with E-state index in [1.807, 2.05) is 0 Å². The van der Waals surface area contributed by atoms with Crippen LogP contribution in [0.1, 0.15) is 16.7 Å². The summed E-state index contributed by atoms with van der Waals surface area (Å²) in [5.41, 5.74) is 10.4. The van der Waals surface area contributed by atoms with Crippen LogP contribution in [0.25, 0.3) is 0 Å². The molecule has 1 aromatic carbocycles. The molecule has 0 saturated heterocycles. The summed E-state index contributed by atoms with van der Waals surface area (Å²) in [6, 6.07) is 8.60. The van der Waals surface area contributed by atoms with Gasteiger partial charge in [-0.05, 0) is 23.8 Å². The van der Waals surface area contributed by atoms with E-state index >= 15 is 0 Å². The molecule has 8 heteroatoms. The van der Waals surface area contributed by atoms with Gasteiger partial charge in [0.15, 0.2) is 5.96 Å². The van der Waals surface area contributed by atoms with Crippen LogP contribution in [-0.2, 0) is 18.3 Å². The summed E-state index contributed by atoms with van der Waals surface area (Å²) >= 11 is 0. The minimum Gasteiger partial charge on any atom is -0.370 e. The number of fused-ring (bicyclic) bond motifs is 1. The van der Waals surface area contributed by atoms with Crippen molar-refractivity contribution in [3.63, 3.8) is 0 Å². The zero-order chi connectivity index (χ0) is 16.7. The number of aromatic nitrogens is 1. The monoisotopic (exact) mass is 321 g/mol. The number of nitrogens with two attached hydrogens (primary N) is 2. The van der Waals surface area contributed by atoms with Crippen molar-refractivity contribution in [1.29, 1.82) is 0 Å². The van der Waals surface area contributed by atoms with E-state index in [1.165, 1.54) is 24.4 Å². The van der Waals surface area contributed by atoms with Crippen LogP contribution in [-0.4, -0.2) is 10.9 Å². The topological polar surface area (TPSA) is 89.3 Å². The highest BCUT2D eigenvalue weighted by Gasteiger charge is 2.38. The van der Waals surface area contributed by atoms with Crippen molar-refractivity contribution in [1.82, 2.24) is 4.98 Å². The first-order valence-corrected chi connectivity index (χ1v) is 6.81. The van der Waals surface area contributed by atoms with Gasteiger partial charge >= 0.3 is 6.18 Å². The molecule has 23 heavy (non-hydrogen) atoms. The van der Waals surface area contributed by atoms with Crippen molar-refractivity contribution in [3.05, 3.63) is 59.3 Å². The molecule has 5 N–H and O–H groups in total. The second-order valence-corrected chi connectivity index (χ2v) is 5.28. The van der Waals surface area contributed by atoms with Gasteiger partial charge in [0, 0.05) is 18.2 Å². The molecule has 1 aromatic heterocycles. The summed E-state index contributed by atoms with van der Waals surface area (Å²) in [6.45, 7) is 0. The van der Waals surface area contributed by atoms with Gasteiger partial charge in [-0.15, -0.1) is 0 Å². The third-order valence-electron chi connectivity index (χ3n) is 3.62. The number of nitrogens with zero attached hydrogens (tertiary/aromatic N) is 2. The number of aliphatic imine (C=N–C) groups is 1. The highest BCUT2D eigenvalue weighted by molar-refractivity contribution is 5.94. The van der Waals surface area contributed by atoms with Gasteiger partial charge in [0.1, 0.15) is 11.5 Å². The number of guanidine groups is 1. The van der Waals surface area contributed by atoms with Crippen molar-refractivity contribution in [2.75, 3.05) is 5.32 Å². The number of nitrogens with one attached hydrogen (secondary N) is 1. The Labute approximate surface area is 130 Å². The number of anilines is 1. The Balaban J connectivity index is 2.07. The lowest BCUT2D eigenvalue weighted by molar-refractivity contribution is -0.138. The lowest BCUT2D eigenvalue weighted by Crippen LogP contribution is -2.45. The molecule has 0 radical (unpaired) electrons. The Hall–Kier alpha value is -2.61. The summed E-state index contributed by atoms with van der Waals surface area (Å²) in [6.07, 6.45) is -3.08. The Kier molecular flexibility index (Phi) is 3.48. The summed E-state index contributed by atoms with van der Waals surface area (Å²) < 4.78 is 39.5. The molecule has 3 rings (SSSR count). The number of hydrogen-bond acceptors (Lipinski definition) is 5. The summed E-state index contributed by atoms with van der Waals surface area (Å²) in [5, 5.41) is 2.76. The zero-order valence-electron chi connectivity index (χ0n) is 11.9. The molecule has 0 aliphatic carbocycles. The number of halogens is 3. The fourth-order valence-corrected chi connectivity index (χ4v) is 2.65. The average Bonchev–Trinajstić information content (AvgIpc) is 2.46. The minimum atomic E-state index is -4.47. The number of rotatable bonds is 2. The molecule has 0 spiro atoms. The highest BCUT2D eigenvalue weighted by atomic mass is 19.4. The molecule has 1 atom stereocenters. The minimum absolute atomic E-state index is 0.0168. The van der Waals surface area contributed by atoms with Crippen LogP contribution in [0.5, 0.6) is 0 Å². The van der Waals surface area contributed by atoms with Gasteiger partial charge in [-0.2, -0.15) is 13.2 Å². The van der Waals surface area contributed by atoms with Crippen molar-refractivity contribution in [3.8, 4) is 0 Å². The summed E-state index contributed by atoms with van der Waals surface area (Å²) in [4.78, 5) is 8.23. The molecule has 1 aliphatic heterocycles. The van der Waals surface area contributed by atoms with E-state index in [4.69, 9.17) is 11.5 Å². The van der Waals surface area contributed by atoms with E-state index in [-0.39, 0.29) is 17.9 Å². The molecule has 1 aliphatic rings. The van der Waals surface area contributed by atoms with E-state index in [2.05, 4.69) is 15.3 Å². The second-order valence-electron chi connectivity index (χ2n) is 5.28. The normalized spacial score (nSPS) is 20.4. The molecule has 0 saturated carbocycles. The van der Waals surface area contributed by atoms with Gasteiger partial charge in [-0.25, -0.2) is 9.98 Å². The van der Waals surface area contributed by atoms with Crippen LogP contribution in [0.2, 0.25) is 0 Å². The quantitative estimate of drug-likeness (QED) is 0.791. The molecule has 2 aromatic rings. The zero-order valence-corrected chi connectivity index (χ0v) is 11.9. The van der Waals surface area contributed by atoms with Crippen LogP contribution in [0.15, 0.2) is 47.6 Å². The molecule has 5 nitrogen and oxygen atoms in total. The Morgan fingerprint density at radius 2 is 1.87 bits per heavy atom. The largest absolute Gasteiger partial charge is 0.416 e. The van der Waals surface area contributed by atoms with Gasteiger partial charge < -0.3 is 16.8 Å². The van der Waals surface area contributed by atoms with Gasteiger partial charge in [-0.1, -0.05) is 18.2 Å². The van der Waals surface area contributed by atoms with Crippen LogP contribution in [0.3, 0.4) is 0 Å². The van der Waals surface area contributed by atoms with E-state index < -0.39 is 17.4 Å². The van der Waals surface area contributed by atoms with E-state index in [9.17, 15) is 13.2 Å². The van der Waals surface area contributed by atoms with Crippen molar-refractivity contribution in [2.24, 2.45) is 16.5 Å². The van der Waals surface area contributed by atoms with Crippen LogP contribution in [0.4, 0.5) is 19.0 Å². The smallest absolute Gasteiger partial charge is 0.370 e. The molecule has 0 amide bonds. The van der Waals surface area contributed by atoms with Gasteiger partial charge in [0.2, 0.25) is 0 Å². The second kappa shape index (κ2) is 5.24. The fourth-order valence-electron chi connectivity index (χ4n) is 2.65. The SMILES string of the molecule is NC1=NC(N)(Cc2ccccc2C(F)(F)F)c2cccnc2N1. The first kappa shape index (κ1) is 15.3. The van der Waals surface area contributed by atoms with Crippen molar-refractivity contribution in [2.45, 2.75) is 18.3 Å². The summed E-state index contributed by atoms with van der Waals surface area (Å²) in [7, 11) is 0. The van der Waals surface area contributed by atoms with Crippen molar-refractivity contribution >= 4 is 11.8 Å². The number of pyridine rings is 1. The molecule has 0 fully saturated rings. The Bertz CT molecular complexity index is 772.